The van der Waals surface area contributed by atoms with Crippen LogP contribution >= 0.6 is 11.3 Å². The number of aromatic nitrogens is 3. The Labute approximate surface area is 149 Å². The number of ether oxygens (including phenoxy) is 1. The fraction of sp³-hybridized carbons (Fsp3) is 0.278. The summed E-state index contributed by atoms with van der Waals surface area (Å²) in [5.74, 6) is 0.0113. The number of nitrogens with zero attached hydrogens (tertiary/aromatic N) is 4. The van der Waals surface area contributed by atoms with Gasteiger partial charge in [-0.1, -0.05) is 35.5 Å². The molecule has 3 heterocycles. The molecule has 1 aromatic carbocycles. The first-order chi connectivity index (χ1) is 12.2. The van der Waals surface area contributed by atoms with E-state index in [2.05, 4.69) is 10.3 Å². The monoisotopic (exact) mass is 354 g/mol. The lowest BCUT2D eigenvalue weighted by Crippen LogP contribution is -2.48. The second kappa shape index (κ2) is 6.78. The summed E-state index contributed by atoms with van der Waals surface area (Å²) in [5.41, 5.74) is 1.86. The minimum absolute atomic E-state index is 0.0113. The molecule has 1 aliphatic heterocycles. The van der Waals surface area contributed by atoms with E-state index in [1.165, 1.54) is 11.3 Å². The fourth-order valence-electron chi connectivity index (χ4n) is 3.02. The van der Waals surface area contributed by atoms with Crippen molar-refractivity contribution in [3.8, 4) is 5.69 Å². The van der Waals surface area contributed by atoms with Crippen molar-refractivity contribution in [1.82, 2.24) is 19.9 Å². The molecule has 0 aliphatic carbocycles. The zero-order chi connectivity index (χ0) is 17.2. The third-order valence-corrected chi connectivity index (χ3v) is 5.27. The van der Waals surface area contributed by atoms with Crippen molar-refractivity contribution in [2.75, 3.05) is 13.2 Å². The Morgan fingerprint density at radius 2 is 2.12 bits per heavy atom. The zero-order valence-electron chi connectivity index (χ0n) is 13.8. The summed E-state index contributed by atoms with van der Waals surface area (Å²) in [4.78, 5) is 15.8. The number of carbonyl (C=O) groups excluding carboxylic acids is 1. The SMILES string of the molecule is CC1COC(c2ccccc2)CN1C(=O)c1sccc1-n1ccnn1. The molecule has 0 bridgehead atoms. The van der Waals surface area contributed by atoms with Crippen LogP contribution in [-0.4, -0.2) is 45.0 Å². The zero-order valence-corrected chi connectivity index (χ0v) is 14.6. The van der Waals surface area contributed by atoms with Crippen LogP contribution in [-0.2, 0) is 4.74 Å². The molecule has 0 N–H and O–H groups in total. The van der Waals surface area contributed by atoms with Crippen LogP contribution in [0.3, 0.4) is 0 Å². The third-order valence-electron chi connectivity index (χ3n) is 4.37. The Kier molecular flexibility index (Phi) is 4.33. The standard InChI is InChI=1S/C18H18N4O2S/c1-13-12-24-16(14-5-3-2-4-6-14)11-21(13)18(23)17-15(7-10-25-17)22-9-8-19-20-22/h2-10,13,16H,11-12H2,1H3. The number of rotatable bonds is 3. The number of morpholine rings is 1. The smallest absolute Gasteiger partial charge is 0.266 e. The fourth-order valence-corrected chi connectivity index (χ4v) is 3.85. The van der Waals surface area contributed by atoms with E-state index in [1.54, 1.807) is 17.1 Å². The molecule has 1 aliphatic rings. The minimum Gasteiger partial charge on any atom is -0.370 e. The van der Waals surface area contributed by atoms with Crippen molar-refractivity contribution in [1.29, 1.82) is 0 Å². The maximum atomic E-state index is 13.2. The lowest BCUT2D eigenvalue weighted by Gasteiger charge is -2.38. The predicted octanol–water partition coefficient (Wildman–Crippen LogP) is 2.93. The van der Waals surface area contributed by atoms with E-state index in [9.17, 15) is 4.79 Å². The lowest BCUT2D eigenvalue weighted by atomic mass is 10.1. The molecule has 2 unspecified atom stereocenters. The molecular weight excluding hydrogens is 336 g/mol. The molecule has 1 amide bonds. The van der Waals surface area contributed by atoms with Crippen LogP contribution in [0.1, 0.15) is 28.3 Å². The van der Waals surface area contributed by atoms with Gasteiger partial charge in [0.15, 0.2) is 0 Å². The van der Waals surface area contributed by atoms with Crippen LogP contribution in [0.4, 0.5) is 0 Å². The third kappa shape index (κ3) is 3.08. The van der Waals surface area contributed by atoms with Gasteiger partial charge in [-0.3, -0.25) is 4.79 Å². The maximum Gasteiger partial charge on any atom is 0.266 e. The van der Waals surface area contributed by atoms with Gasteiger partial charge in [-0.15, -0.1) is 16.4 Å². The van der Waals surface area contributed by atoms with Gasteiger partial charge in [0, 0.05) is 0 Å². The Bertz CT molecular complexity index is 847. The molecule has 128 valence electrons. The van der Waals surface area contributed by atoms with Gasteiger partial charge < -0.3 is 9.64 Å². The Hall–Kier alpha value is -2.51. The van der Waals surface area contributed by atoms with Crippen LogP contribution in [0, 0.1) is 0 Å². The topological polar surface area (TPSA) is 60.2 Å². The number of hydrogen-bond acceptors (Lipinski definition) is 5. The molecule has 0 radical (unpaired) electrons. The Morgan fingerprint density at radius 3 is 2.88 bits per heavy atom. The van der Waals surface area contributed by atoms with Crippen LogP contribution < -0.4 is 0 Å². The highest BCUT2D eigenvalue weighted by atomic mass is 32.1. The van der Waals surface area contributed by atoms with Crippen molar-refractivity contribution in [3.63, 3.8) is 0 Å². The Morgan fingerprint density at radius 1 is 1.28 bits per heavy atom. The van der Waals surface area contributed by atoms with Gasteiger partial charge in [0.25, 0.3) is 5.91 Å². The van der Waals surface area contributed by atoms with E-state index in [0.717, 1.165) is 11.3 Å². The molecule has 1 fully saturated rings. The number of amides is 1. The number of thiophene rings is 1. The van der Waals surface area contributed by atoms with E-state index in [0.29, 0.717) is 18.0 Å². The molecule has 6 nitrogen and oxygen atoms in total. The first-order valence-corrected chi connectivity index (χ1v) is 9.03. The highest BCUT2D eigenvalue weighted by Crippen LogP contribution is 2.29. The first-order valence-electron chi connectivity index (χ1n) is 8.15. The second-order valence-corrected chi connectivity index (χ2v) is 6.94. The van der Waals surface area contributed by atoms with E-state index in [4.69, 9.17) is 4.74 Å². The van der Waals surface area contributed by atoms with Crippen LogP contribution in [0.5, 0.6) is 0 Å². The van der Waals surface area contributed by atoms with Crippen LogP contribution in [0.2, 0.25) is 0 Å². The van der Waals surface area contributed by atoms with E-state index in [-0.39, 0.29) is 18.1 Å². The number of hydrogen-bond donors (Lipinski definition) is 0. The van der Waals surface area contributed by atoms with Gasteiger partial charge >= 0.3 is 0 Å². The summed E-state index contributed by atoms with van der Waals surface area (Å²) in [6.45, 7) is 3.08. The van der Waals surface area contributed by atoms with E-state index in [1.807, 2.05) is 53.6 Å². The van der Waals surface area contributed by atoms with Crippen molar-refractivity contribution >= 4 is 17.2 Å². The highest BCUT2D eigenvalue weighted by Gasteiger charge is 2.32. The molecule has 0 spiro atoms. The summed E-state index contributed by atoms with van der Waals surface area (Å²) in [7, 11) is 0. The second-order valence-electron chi connectivity index (χ2n) is 6.02. The average Bonchev–Trinajstić information content (AvgIpc) is 3.33. The molecule has 2 atom stereocenters. The molecule has 25 heavy (non-hydrogen) atoms. The van der Waals surface area contributed by atoms with Crippen LogP contribution in [0.15, 0.2) is 54.2 Å². The van der Waals surface area contributed by atoms with Crippen molar-refractivity contribution in [2.24, 2.45) is 0 Å². The normalized spacial score (nSPS) is 20.6. The molecule has 0 saturated carbocycles. The molecule has 1 saturated heterocycles. The molecule has 7 heteroatoms. The molecule has 2 aromatic heterocycles. The van der Waals surface area contributed by atoms with Gasteiger partial charge in [0.1, 0.15) is 11.0 Å². The highest BCUT2D eigenvalue weighted by molar-refractivity contribution is 7.12. The average molecular weight is 354 g/mol. The van der Waals surface area contributed by atoms with Gasteiger partial charge in [0.2, 0.25) is 0 Å². The number of carbonyl (C=O) groups is 1. The molecule has 3 aromatic rings. The summed E-state index contributed by atoms with van der Waals surface area (Å²) >= 11 is 1.43. The van der Waals surface area contributed by atoms with Crippen molar-refractivity contribution < 1.29 is 9.53 Å². The summed E-state index contributed by atoms with van der Waals surface area (Å²) in [5, 5.41) is 9.74. The van der Waals surface area contributed by atoms with Gasteiger partial charge in [0.05, 0.1) is 37.3 Å². The lowest BCUT2D eigenvalue weighted by molar-refractivity contribution is -0.0485. The van der Waals surface area contributed by atoms with Gasteiger partial charge in [-0.2, -0.15) is 0 Å². The molecule has 4 rings (SSSR count). The first kappa shape index (κ1) is 16.0. The quantitative estimate of drug-likeness (QED) is 0.726. The van der Waals surface area contributed by atoms with E-state index >= 15 is 0 Å². The summed E-state index contributed by atoms with van der Waals surface area (Å²) in [6.07, 6.45) is 3.25. The van der Waals surface area contributed by atoms with Gasteiger partial charge in [-0.25, -0.2) is 4.68 Å². The van der Waals surface area contributed by atoms with Crippen LogP contribution in [0.25, 0.3) is 5.69 Å². The minimum atomic E-state index is -0.101. The van der Waals surface area contributed by atoms with Crippen molar-refractivity contribution in [2.45, 2.75) is 19.1 Å². The molecular formula is C18H18N4O2S. The largest absolute Gasteiger partial charge is 0.370 e. The number of benzene rings is 1. The predicted molar refractivity (Wildman–Crippen MR) is 94.9 cm³/mol. The van der Waals surface area contributed by atoms with Gasteiger partial charge in [-0.05, 0) is 23.9 Å². The van der Waals surface area contributed by atoms with Crippen molar-refractivity contribution in [3.05, 3.63) is 64.6 Å². The Balaban J connectivity index is 1.60. The maximum absolute atomic E-state index is 13.2. The summed E-state index contributed by atoms with van der Waals surface area (Å²) < 4.78 is 7.59. The summed E-state index contributed by atoms with van der Waals surface area (Å²) in [6, 6.07) is 12.0. The van der Waals surface area contributed by atoms with E-state index < -0.39 is 0 Å².